The molecule has 2 aliphatic carbocycles. The van der Waals surface area contributed by atoms with Crippen LogP contribution in [0.2, 0.25) is 0 Å². The second-order valence-corrected chi connectivity index (χ2v) is 11.1. The van der Waals surface area contributed by atoms with Crippen molar-refractivity contribution in [1.82, 2.24) is 0 Å². The Morgan fingerprint density at radius 1 is 0.880 bits per heavy atom. The SMILES string of the molecule is CC(C)(C)C1=CC[C]([Zr+2][c]2cccc3c2Cc2ccccc2-3)=C1.[Cl-].[Cl-]. The molecule has 0 radical (unpaired) electrons. The Morgan fingerprint density at radius 3 is 2.32 bits per heavy atom. The molecule has 2 aromatic carbocycles. The van der Waals surface area contributed by atoms with E-state index in [1.54, 1.807) is 12.1 Å². The van der Waals surface area contributed by atoms with Crippen LogP contribution in [-0.2, 0) is 29.7 Å². The minimum absolute atomic E-state index is 0. The van der Waals surface area contributed by atoms with Crippen molar-refractivity contribution >= 4 is 3.27 Å². The molecule has 0 aliphatic heterocycles. The molecule has 2 aromatic rings. The molecule has 0 saturated carbocycles. The molecule has 4 rings (SSSR count). The predicted molar refractivity (Wildman–Crippen MR) is 94.6 cm³/mol. The number of allylic oxidation sites excluding steroid dienone is 4. The van der Waals surface area contributed by atoms with Gasteiger partial charge in [0.1, 0.15) is 0 Å². The average molecular weight is 449 g/mol. The number of hydrogen-bond acceptors (Lipinski definition) is 0. The Morgan fingerprint density at radius 2 is 1.60 bits per heavy atom. The van der Waals surface area contributed by atoms with Crippen LogP contribution < -0.4 is 28.1 Å². The Bertz CT molecular complexity index is 841. The van der Waals surface area contributed by atoms with Crippen LogP contribution in [0.1, 0.15) is 38.3 Å². The van der Waals surface area contributed by atoms with Gasteiger partial charge in [0.05, 0.1) is 0 Å². The molecular formula is C22H22Cl2Zr. The number of halogens is 2. The van der Waals surface area contributed by atoms with Crippen molar-refractivity contribution < 1.29 is 48.0 Å². The van der Waals surface area contributed by atoms with E-state index in [1.165, 1.54) is 28.7 Å². The van der Waals surface area contributed by atoms with E-state index in [2.05, 4.69) is 75.4 Å². The molecule has 128 valence electrons. The number of hydrogen-bond donors (Lipinski definition) is 0. The molecule has 0 bridgehead atoms. The summed E-state index contributed by atoms with van der Waals surface area (Å²) < 4.78 is 3.40. The first-order valence-electron chi connectivity index (χ1n) is 8.41. The quantitative estimate of drug-likeness (QED) is 0.483. The maximum Gasteiger partial charge on any atom is -1.00 e. The van der Waals surface area contributed by atoms with E-state index < -0.39 is 23.2 Å². The summed E-state index contributed by atoms with van der Waals surface area (Å²) in [6.07, 6.45) is 7.28. The first-order valence-corrected chi connectivity index (χ1v) is 10.9. The Balaban J connectivity index is 0.00000113. The molecular weight excluding hydrogens is 426 g/mol. The first kappa shape index (κ1) is 20.7. The fourth-order valence-corrected chi connectivity index (χ4v) is 6.85. The maximum absolute atomic E-state index is 2.51. The van der Waals surface area contributed by atoms with Crippen LogP contribution in [0, 0.1) is 5.41 Å². The Labute approximate surface area is 175 Å². The van der Waals surface area contributed by atoms with Gasteiger partial charge in [-0.3, -0.25) is 0 Å². The molecule has 25 heavy (non-hydrogen) atoms. The van der Waals surface area contributed by atoms with Crippen molar-refractivity contribution in [3.8, 4) is 11.1 Å². The molecule has 0 nitrogen and oxygen atoms in total. The van der Waals surface area contributed by atoms with Gasteiger partial charge in [0, 0.05) is 0 Å². The van der Waals surface area contributed by atoms with Crippen molar-refractivity contribution in [3.63, 3.8) is 0 Å². The fourth-order valence-electron chi connectivity index (χ4n) is 3.58. The van der Waals surface area contributed by atoms with Crippen LogP contribution in [0.5, 0.6) is 0 Å². The van der Waals surface area contributed by atoms with E-state index in [0.717, 1.165) is 6.42 Å². The normalized spacial score (nSPS) is 14.4. The fraction of sp³-hybridized carbons (Fsp3) is 0.273. The molecule has 0 spiro atoms. The molecule has 0 aromatic heterocycles. The summed E-state index contributed by atoms with van der Waals surface area (Å²) in [4.78, 5) is 0. The van der Waals surface area contributed by atoms with Crippen LogP contribution in [0.25, 0.3) is 11.1 Å². The third-order valence-electron chi connectivity index (χ3n) is 4.88. The van der Waals surface area contributed by atoms with Crippen molar-refractivity contribution in [1.29, 1.82) is 0 Å². The molecule has 0 unspecified atom stereocenters. The summed E-state index contributed by atoms with van der Waals surface area (Å²) >= 11 is -0.675. The standard InChI is InChI=1S/C13H9.C9H13.2ClH.Zr/c1-3-7-12-10(5-1)9-11-6-2-4-8-13(11)12;1-9(2,3)8-6-4-5-7-8;;;/h1-5,7-8H,9H2;6-7H,4H2,1-3H3;2*1H;/q;;;;+2/p-2. The monoisotopic (exact) mass is 446 g/mol. The second-order valence-electron chi connectivity index (χ2n) is 7.57. The molecule has 0 heterocycles. The summed E-state index contributed by atoms with van der Waals surface area (Å²) in [6.45, 7) is 6.96. The van der Waals surface area contributed by atoms with Crippen LogP contribution in [0.3, 0.4) is 0 Å². The number of rotatable bonds is 2. The summed E-state index contributed by atoms with van der Waals surface area (Å²) in [5.74, 6) is 0. The second kappa shape index (κ2) is 7.95. The van der Waals surface area contributed by atoms with Gasteiger partial charge in [0.25, 0.3) is 0 Å². The average Bonchev–Trinajstić information content (AvgIpc) is 3.12. The molecule has 0 amide bonds. The van der Waals surface area contributed by atoms with Crippen LogP contribution in [0.4, 0.5) is 0 Å². The zero-order valence-corrected chi connectivity index (χ0v) is 18.8. The van der Waals surface area contributed by atoms with Crippen molar-refractivity contribution in [2.75, 3.05) is 0 Å². The van der Waals surface area contributed by atoms with Gasteiger partial charge in [-0.2, -0.15) is 0 Å². The molecule has 3 heteroatoms. The van der Waals surface area contributed by atoms with Gasteiger partial charge in [0.2, 0.25) is 0 Å². The molecule has 2 aliphatic rings. The van der Waals surface area contributed by atoms with Crippen LogP contribution in [-0.4, -0.2) is 0 Å². The van der Waals surface area contributed by atoms with E-state index in [0.29, 0.717) is 0 Å². The van der Waals surface area contributed by atoms with E-state index in [4.69, 9.17) is 0 Å². The van der Waals surface area contributed by atoms with E-state index in [-0.39, 0.29) is 30.2 Å². The molecule has 0 saturated heterocycles. The Hall–Kier alpha value is -0.617. The zero-order valence-electron chi connectivity index (χ0n) is 14.9. The van der Waals surface area contributed by atoms with E-state index in [1.807, 2.05) is 0 Å². The van der Waals surface area contributed by atoms with Gasteiger partial charge in [-0.05, 0) is 0 Å². The molecule has 0 atom stereocenters. The Kier molecular flexibility index (Phi) is 6.58. The number of benzene rings is 2. The zero-order chi connectivity index (χ0) is 16.0. The molecule has 0 fully saturated rings. The van der Waals surface area contributed by atoms with Crippen molar-refractivity contribution in [3.05, 3.63) is 74.6 Å². The van der Waals surface area contributed by atoms with Gasteiger partial charge >= 0.3 is 151 Å². The summed E-state index contributed by atoms with van der Waals surface area (Å²) in [7, 11) is 0. The summed E-state index contributed by atoms with van der Waals surface area (Å²) in [5.41, 5.74) is 7.88. The van der Waals surface area contributed by atoms with Gasteiger partial charge < -0.3 is 24.8 Å². The predicted octanol–water partition coefficient (Wildman–Crippen LogP) is -0.766. The summed E-state index contributed by atoms with van der Waals surface area (Å²) in [5, 5.41) is 0. The smallest absolute Gasteiger partial charge is 1.00 e. The molecule has 0 N–H and O–H groups in total. The summed E-state index contributed by atoms with van der Waals surface area (Å²) in [6, 6.07) is 15.9. The van der Waals surface area contributed by atoms with E-state index >= 15 is 0 Å². The van der Waals surface area contributed by atoms with Gasteiger partial charge in [-0.15, -0.1) is 0 Å². The largest absolute Gasteiger partial charge is 1.00 e. The third kappa shape index (κ3) is 4.05. The van der Waals surface area contributed by atoms with Crippen molar-refractivity contribution in [2.45, 2.75) is 33.6 Å². The van der Waals surface area contributed by atoms with Gasteiger partial charge in [0.15, 0.2) is 0 Å². The third-order valence-corrected chi connectivity index (χ3v) is 8.34. The minimum atomic E-state index is -0.675. The van der Waals surface area contributed by atoms with Crippen LogP contribution >= 0.6 is 0 Å². The van der Waals surface area contributed by atoms with E-state index in [9.17, 15) is 0 Å². The first-order chi connectivity index (χ1) is 11.0. The van der Waals surface area contributed by atoms with Gasteiger partial charge in [-0.1, -0.05) is 0 Å². The maximum atomic E-state index is 2.51. The topological polar surface area (TPSA) is 0 Å². The van der Waals surface area contributed by atoms with Crippen molar-refractivity contribution in [2.24, 2.45) is 5.41 Å². The minimum Gasteiger partial charge on any atom is -1.00 e. The van der Waals surface area contributed by atoms with Gasteiger partial charge in [-0.25, -0.2) is 0 Å². The van der Waals surface area contributed by atoms with Crippen LogP contribution in [0.15, 0.2) is 63.5 Å². The number of fused-ring (bicyclic) bond motifs is 3.